The van der Waals surface area contributed by atoms with E-state index in [1.807, 2.05) is 0 Å². The van der Waals surface area contributed by atoms with Gasteiger partial charge in [-0.05, 0) is 50.1 Å². The molecule has 0 aliphatic carbocycles. The van der Waals surface area contributed by atoms with Crippen LogP contribution < -0.4 is 0 Å². The monoisotopic (exact) mass is 367 g/mol. The molecule has 0 aromatic rings. The standard InChI is InChI=1S/C25H53N/c1-7-9-19-25(8-2)22-26(21-16-12-14-18-24(5)6)20-15-11-10-13-17-23(3)4/h23-25H,7-22H2,1-6H3. The van der Waals surface area contributed by atoms with Crippen LogP contribution in [0.3, 0.4) is 0 Å². The summed E-state index contributed by atoms with van der Waals surface area (Å²) in [6.45, 7) is 18.2. The normalized spacial score (nSPS) is 13.3. The predicted molar refractivity (Wildman–Crippen MR) is 121 cm³/mol. The lowest BCUT2D eigenvalue weighted by Gasteiger charge is -2.27. The van der Waals surface area contributed by atoms with Crippen LogP contribution in [0.2, 0.25) is 0 Å². The highest BCUT2D eigenvalue weighted by molar-refractivity contribution is 4.67. The molecule has 1 unspecified atom stereocenters. The molecule has 0 aromatic heterocycles. The van der Waals surface area contributed by atoms with Crippen molar-refractivity contribution in [2.24, 2.45) is 17.8 Å². The Hall–Kier alpha value is -0.0400. The minimum absolute atomic E-state index is 0.871. The molecule has 0 bridgehead atoms. The molecule has 1 atom stereocenters. The largest absolute Gasteiger partial charge is 0.303 e. The first-order valence-electron chi connectivity index (χ1n) is 12.2. The molecule has 0 amide bonds. The van der Waals surface area contributed by atoms with Crippen LogP contribution in [0.25, 0.3) is 0 Å². The number of nitrogens with zero attached hydrogens (tertiary/aromatic N) is 1. The Morgan fingerprint density at radius 3 is 1.54 bits per heavy atom. The number of unbranched alkanes of at least 4 members (excludes halogenated alkanes) is 6. The maximum atomic E-state index is 2.82. The molecule has 0 aliphatic rings. The van der Waals surface area contributed by atoms with Gasteiger partial charge in [0.1, 0.15) is 0 Å². The van der Waals surface area contributed by atoms with E-state index in [2.05, 4.69) is 46.4 Å². The van der Waals surface area contributed by atoms with Crippen LogP contribution >= 0.6 is 0 Å². The van der Waals surface area contributed by atoms with Gasteiger partial charge in [0.15, 0.2) is 0 Å². The molecule has 0 spiro atoms. The summed E-state index contributed by atoms with van der Waals surface area (Å²) in [5, 5.41) is 0. The predicted octanol–water partition coefficient (Wildman–Crippen LogP) is 8.33. The maximum absolute atomic E-state index is 2.82. The Bertz CT molecular complexity index is 271. The van der Waals surface area contributed by atoms with Gasteiger partial charge in [-0.3, -0.25) is 0 Å². The molecule has 26 heavy (non-hydrogen) atoms. The third kappa shape index (κ3) is 17.4. The van der Waals surface area contributed by atoms with Crippen molar-refractivity contribution in [1.82, 2.24) is 4.90 Å². The van der Waals surface area contributed by atoms with E-state index in [1.54, 1.807) is 0 Å². The molecule has 0 rings (SSSR count). The lowest BCUT2D eigenvalue weighted by Crippen LogP contribution is -2.31. The lowest BCUT2D eigenvalue weighted by molar-refractivity contribution is 0.209. The average molecular weight is 368 g/mol. The van der Waals surface area contributed by atoms with Crippen molar-refractivity contribution in [2.45, 2.75) is 125 Å². The van der Waals surface area contributed by atoms with E-state index in [9.17, 15) is 0 Å². The zero-order chi connectivity index (χ0) is 19.6. The van der Waals surface area contributed by atoms with Crippen molar-refractivity contribution in [1.29, 1.82) is 0 Å². The molecule has 0 saturated carbocycles. The van der Waals surface area contributed by atoms with E-state index in [4.69, 9.17) is 0 Å². The molecule has 0 aromatic carbocycles. The highest BCUT2D eigenvalue weighted by atomic mass is 15.1. The van der Waals surface area contributed by atoms with Gasteiger partial charge in [-0.1, -0.05) is 106 Å². The fraction of sp³-hybridized carbons (Fsp3) is 1.00. The maximum Gasteiger partial charge on any atom is 0.000955 e. The van der Waals surface area contributed by atoms with Crippen molar-refractivity contribution in [2.75, 3.05) is 19.6 Å². The van der Waals surface area contributed by atoms with E-state index in [0.29, 0.717) is 0 Å². The zero-order valence-electron chi connectivity index (χ0n) is 19.5. The van der Waals surface area contributed by atoms with Crippen molar-refractivity contribution < 1.29 is 0 Å². The van der Waals surface area contributed by atoms with E-state index in [1.165, 1.54) is 103 Å². The fourth-order valence-electron chi connectivity index (χ4n) is 3.88. The van der Waals surface area contributed by atoms with E-state index in [0.717, 1.165) is 17.8 Å². The van der Waals surface area contributed by atoms with Crippen LogP contribution in [-0.2, 0) is 0 Å². The lowest BCUT2D eigenvalue weighted by atomic mass is 9.98. The number of hydrogen-bond donors (Lipinski definition) is 0. The van der Waals surface area contributed by atoms with Gasteiger partial charge in [0, 0.05) is 6.54 Å². The second-order valence-corrected chi connectivity index (χ2v) is 9.56. The van der Waals surface area contributed by atoms with Crippen molar-refractivity contribution in [3.63, 3.8) is 0 Å². The van der Waals surface area contributed by atoms with Gasteiger partial charge in [0.2, 0.25) is 0 Å². The first-order chi connectivity index (χ1) is 12.5. The molecule has 0 radical (unpaired) electrons. The van der Waals surface area contributed by atoms with Crippen molar-refractivity contribution in [3.8, 4) is 0 Å². The van der Waals surface area contributed by atoms with Crippen molar-refractivity contribution >= 4 is 0 Å². The van der Waals surface area contributed by atoms with E-state index < -0.39 is 0 Å². The van der Waals surface area contributed by atoms with Crippen LogP contribution in [-0.4, -0.2) is 24.5 Å². The minimum Gasteiger partial charge on any atom is -0.303 e. The highest BCUT2D eigenvalue weighted by Gasteiger charge is 2.12. The Balaban J connectivity index is 4.12. The second-order valence-electron chi connectivity index (χ2n) is 9.56. The highest BCUT2D eigenvalue weighted by Crippen LogP contribution is 2.17. The summed E-state index contributed by atoms with van der Waals surface area (Å²) >= 11 is 0. The van der Waals surface area contributed by atoms with Gasteiger partial charge in [-0.2, -0.15) is 0 Å². The van der Waals surface area contributed by atoms with Crippen LogP contribution in [0.15, 0.2) is 0 Å². The smallest absolute Gasteiger partial charge is 0.000955 e. The first kappa shape index (κ1) is 26.0. The van der Waals surface area contributed by atoms with Crippen LogP contribution in [0.5, 0.6) is 0 Å². The fourth-order valence-corrected chi connectivity index (χ4v) is 3.88. The Kier molecular flexibility index (Phi) is 18.3. The molecular formula is C25H53N. The van der Waals surface area contributed by atoms with Gasteiger partial charge in [-0.25, -0.2) is 0 Å². The Morgan fingerprint density at radius 1 is 0.577 bits per heavy atom. The summed E-state index contributed by atoms with van der Waals surface area (Å²) in [4.78, 5) is 2.82. The summed E-state index contributed by atoms with van der Waals surface area (Å²) in [5.41, 5.74) is 0. The number of rotatable bonds is 19. The van der Waals surface area contributed by atoms with Crippen LogP contribution in [0.1, 0.15) is 125 Å². The molecule has 0 saturated heterocycles. The quantitative estimate of drug-likeness (QED) is 0.207. The van der Waals surface area contributed by atoms with Gasteiger partial charge in [0.05, 0.1) is 0 Å². The minimum atomic E-state index is 0.871. The second kappa shape index (κ2) is 18.3. The molecule has 0 fully saturated rings. The summed E-state index contributed by atoms with van der Waals surface area (Å²) < 4.78 is 0. The molecule has 0 N–H and O–H groups in total. The Morgan fingerprint density at radius 2 is 1.08 bits per heavy atom. The molecule has 0 aliphatic heterocycles. The Labute approximate surface area is 167 Å². The summed E-state index contributed by atoms with van der Waals surface area (Å²) in [6, 6.07) is 0. The molecule has 158 valence electrons. The summed E-state index contributed by atoms with van der Waals surface area (Å²) in [7, 11) is 0. The van der Waals surface area contributed by atoms with E-state index in [-0.39, 0.29) is 0 Å². The molecule has 1 heteroatoms. The summed E-state index contributed by atoms with van der Waals surface area (Å²) in [5.74, 6) is 2.67. The van der Waals surface area contributed by atoms with E-state index >= 15 is 0 Å². The third-order valence-electron chi connectivity index (χ3n) is 5.82. The van der Waals surface area contributed by atoms with Gasteiger partial charge >= 0.3 is 0 Å². The van der Waals surface area contributed by atoms with Crippen LogP contribution in [0.4, 0.5) is 0 Å². The van der Waals surface area contributed by atoms with Gasteiger partial charge in [-0.15, -0.1) is 0 Å². The van der Waals surface area contributed by atoms with Gasteiger partial charge < -0.3 is 4.90 Å². The molecule has 1 nitrogen and oxygen atoms in total. The zero-order valence-corrected chi connectivity index (χ0v) is 19.5. The average Bonchev–Trinajstić information content (AvgIpc) is 2.59. The topological polar surface area (TPSA) is 3.24 Å². The van der Waals surface area contributed by atoms with Crippen LogP contribution in [0, 0.1) is 17.8 Å². The first-order valence-corrected chi connectivity index (χ1v) is 12.2. The molecule has 0 heterocycles. The third-order valence-corrected chi connectivity index (χ3v) is 5.82. The van der Waals surface area contributed by atoms with Crippen molar-refractivity contribution in [3.05, 3.63) is 0 Å². The molecular weight excluding hydrogens is 314 g/mol. The van der Waals surface area contributed by atoms with Gasteiger partial charge in [0.25, 0.3) is 0 Å². The summed E-state index contributed by atoms with van der Waals surface area (Å²) in [6.07, 6.45) is 18.3. The SMILES string of the molecule is CCCCC(CC)CN(CCCCCCC(C)C)CCCCCC(C)C. The number of hydrogen-bond acceptors (Lipinski definition) is 1.